The number of aliphatic hydroxyl groups is 1. The highest BCUT2D eigenvalue weighted by Gasteiger charge is 2.18. The fraction of sp³-hybridized carbons (Fsp3) is 0.250. The number of hydrogen-bond acceptors (Lipinski definition) is 5. The second-order valence-electron chi connectivity index (χ2n) is 2.71. The number of H-pyrrole nitrogens is 1. The average Bonchev–Trinajstić information content (AvgIpc) is 2.87. The smallest absolute Gasteiger partial charge is 0.231 e. The molecule has 0 bridgehead atoms. The Labute approximate surface area is 84.5 Å². The molecule has 2 rings (SSSR count). The summed E-state index contributed by atoms with van der Waals surface area (Å²) in [5.74, 6) is 0.462. The molecule has 2 heterocycles. The molecule has 0 spiro atoms. The minimum atomic E-state index is -0.734. The van der Waals surface area contributed by atoms with Crippen molar-refractivity contribution in [3.8, 4) is 5.88 Å². The molecule has 0 fully saturated rings. The molecule has 6 heteroatoms. The van der Waals surface area contributed by atoms with E-state index in [9.17, 15) is 5.11 Å². The molecule has 2 aromatic heterocycles. The van der Waals surface area contributed by atoms with Gasteiger partial charge in [0.2, 0.25) is 5.88 Å². The van der Waals surface area contributed by atoms with Crippen LogP contribution in [0.2, 0.25) is 0 Å². The Morgan fingerprint density at radius 1 is 1.64 bits per heavy atom. The first-order valence-electron chi connectivity index (χ1n) is 3.98. The summed E-state index contributed by atoms with van der Waals surface area (Å²) >= 11 is 1.25. The molecule has 0 amide bonds. The van der Waals surface area contributed by atoms with Gasteiger partial charge in [0.1, 0.15) is 6.10 Å². The van der Waals surface area contributed by atoms with Crippen molar-refractivity contribution in [2.45, 2.75) is 6.10 Å². The lowest BCUT2D eigenvalue weighted by Gasteiger charge is -2.06. The topological polar surface area (TPSA) is 71.0 Å². The number of aliphatic hydroxyl groups excluding tert-OH is 1. The number of aromatic nitrogens is 3. The van der Waals surface area contributed by atoms with Gasteiger partial charge in [0, 0.05) is 17.1 Å². The predicted octanol–water partition coefficient (Wildman–Crippen LogP) is 0.956. The maximum atomic E-state index is 9.91. The second-order valence-corrected chi connectivity index (χ2v) is 3.34. The lowest BCUT2D eigenvalue weighted by molar-refractivity contribution is 0.214. The first-order valence-corrected chi connectivity index (χ1v) is 4.81. The fourth-order valence-corrected chi connectivity index (χ4v) is 1.83. The van der Waals surface area contributed by atoms with Crippen LogP contribution in [-0.4, -0.2) is 26.8 Å². The highest BCUT2D eigenvalue weighted by molar-refractivity contribution is 7.03. The molecule has 5 nitrogen and oxygen atoms in total. The quantitative estimate of drug-likeness (QED) is 0.793. The number of rotatable bonds is 3. The van der Waals surface area contributed by atoms with E-state index >= 15 is 0 Å². The van der Waals surface area contributed by atoms with Gasteiger partial charge in [-0.25, -0.2) is 0 Å². The van der Waals surface area contributed by atoms with Gasteiger partial charge in [0.15, 0.2) is 0 Å². The van der Waals surface area contributed by atoms with Crippen LogP contribution in [0, 0.1) is 0 Å². The van der Waals surface area contributed by atoms with Crippen LogP contribution in [0.15, 0.2) is 17.8 Å². The van der Waals surface area contributed by atoms with E-state index in [-0.39, 0.29) is 0 Å². The summed E-state index contributed by atoms with van der Waals surface area (Å²) in [5, 5.41) is 18.1. The van der Waals surface area contributed by atoms with Crippen molar-refractivity contribution >= 4 is 11.5 Å². The Morgan fingerprint density at radius 2 is 2.50 bits per heavy atom. The minimum absolute atomic E-state index is 0.462. The van der Waals surface area contributed by atoms with E-state index in [1.54, 1.807) is 17.8 Å². The number of methoxy groups -OCH3 is 1. The number of hydrogen-bond donors (Lipinski definition) is 2. The maximum Gasteiger partial charge on any atom is 0.231 e. The Hall–Kier alpha value is -1.40. The first-order chi connectivity index (χ1) is 6.83. The first kappa shape index (κ1) is 9.17. The maximum absolute atomic E-state index is 9.91. The Kier molecular flexibility index (Phi) is 2.47. The monoisotopic (exact) mass is 211 g/mol. The average molecular weight is 211 g/mol. The highest BCUT2D eigenvalue weighted by Crippen LogP contribution is 2.29. The van der Waals surface area contributed by atoms with Crippen LogP contribution in [0.1, 0.15) is 17.2 Å². The molecule has 0 aliphatic heterocycles. The second kappa shape index (κ2) is 3.77. The van der Waals surface area contributed by atoms with Gasteiger partial charge in [0.25, 0.3) is 0 Å². The third-order valence-corrected chi connectivity index (χ3v) is 2.52. The zero-order valence-electron chi connectivity index (χ0n) is 7.47. The van der Waals surface area contributed by atoms with E-state index in [0.717, 1.165) is 0 Å². The summed E-state index contributed by atoms with van der Waals surface area (Å²) in [4.78, 5) is 0. The molecule has 0 aromatic carbocycles. The van der Waals surface area contributed by atoms with Crippen LogP contribution in [0.3, 0.4) is 0 Å². The van der Waals surface area contributed by atoms with Crippen molar-refractivity contribution in [2.75, 3.05) is 7.11 Å². The van der Waals surface area contributed by atoms with E-state index in [0.29, 0.717) is 17.0 Å². The van der Waals surface area contributed by atoms with Gasteiger partial charge in [-0.05, 0) is 11.5 Å². The molecule has 0 aliphatic rings. The number of nitrogens with zero attached hydrogens (tertiary/aromatic N) is 2. The fourth-order valence-electron chi connectivity index (χ4n) is 1.16. The van der Waals surface area contributed by atoms with Gasteiger partial charge in [-0.1, -0.05) is 0 Å². The Bertz CT molecular complexity index is 398. The van der Waals surface area contributed by atoms with E-state index in [2.05, 4.69) is 14.6 Å². The standard InChI is InChI=1S/C8H9N3O2S/c1-13-8-6(4-14-11-8)7(12)5-2-9-10-3-5/h2-4,7,12H,1H3,(H,9,10). The summed E-state index contributed by atoms with van der Waals surface area (Å²) in [7, 11) is 1.53. The highest BCUT2D eigenvalue weighted by atomic mass is 32.1. The largest absolute Gasteiger partial charge is 0.480 e. The van der Waals surface area contributed by atoms with Crippen LogP contribution < -0.4 is 4.74 Å². The van der Waals surface area contributed by atoms with Gasteiger partial charge < -0.3 is 9.84 Å². The predicted molar refractivity (Wildman–Crippen MR) is 51.3 cm³/mol. The van der Waals surface area contributed by atoms with Crippen LogP contribution in [0.5, 0.6) is 5.88 Å². The summed E-state index contributed by atoms with van der Waals surface area (Å²) in [6.45, 7) is 0. The molecule has 1 atom stereocenters. The number of aromatic amines is 1. The van der Waals surface area contributed by atoms with Crippen molar-refractivity contribution in [3.63, 3.8) is 0 Å². The van der Waals surface area contributed by atoms with E-state index in [1.165, 1.54) is 18.6 Å². The Balaban J connectivity index is 2.31. The summed E-state index contributed by atoms with van der Waals surface area (Å²) < 4.78 is 9.01. The normalized spacial score (nSPS) is 12.7. The molecule has 2 aromatic rings. The summed E-state index contributed by atoms with van der Waals surface area (Å²) in [6, 6.07) is 0. The lowest BCUT2D eigenvalue weighted by Crippen LogP contribution is -1.99. The van der Waals surface area contributed by atoms with Crippen molar-refractivity contribution < 1.29 is 9.84 Å². The molecule has 14 heavy (non-hydrogen) atoms. The van der Waals surface area contributed by atoms with Crippen LogP contribution in [-0.2, 0) is 0 Å². The van der Waals surface area contributed by atoms with E-state index < -0.39 is 6.10 Å². The molecular formula is C8H9N3O2S. The zero-order valence-corrected chi connectivity index (χ0v) is 8.28. The molecule has 74 valence electrons. The van der Waals surface area contributed by atoms with E-state index in [4.69, 9.17) is 4.74 Å². The molecule has 0 aliphatic carbocycles. The van der Waals surface area contributed by atoms with Gasteiger partial charge in [-0.2, -0.15) is 9.47 Å². The molecule has 0 saturated carbocycles. The van der Waals surface area contributed by atoms with Crippen molar-refractivity contribution in [1.29, 1.82) is 0 Å². The van der Waals surface area contributed by atoms with Crippen molar-refractivity contribution in [2.24, 2.45) is 0 Å². The Morgan fingerprint density at radius 3 is 3.14 bits per heavy atom. The molecule has 2 N–H and O–H groups in total. The van der Waals surface area contributed by atoms with Crippen molar-refractivity contribution in [1.82, 2.24) is 14.6 Å². The minimum Gasteiger partial charge on any atom is -0.480 e. The van der Waals surface area contributed by atoms with Crippen LogP contribution >= 0.6 is 11.5 Å². The molecule has 0 saturated heterocycles. The van der Waals surface area contributed by atoms with Gasteiger partial charge in [-0.15, -0.1) is 0 Å². The molecule has 1 unspecified atom stereocenters. The third kappa shape index (κ3) is 1.49. The van der Waals surface area contributed by atoms with Gasteiger partial charge in [-0.3, -0.25) is 5.10 Å². The SMILES string of the molecule is COc1nscc1C(O)c1cn[nH]c1. The van der Waals surface area contributed by atoms with Gasteiger partial charge in [0.05, 0.1) is 18.9 Å². The van der Waals surface area contributed by atoms with E-state index in [1.807, 2.05) is 0 Å². The number of ether oxygens (including phenoxy) is 1. The summed E-state index contributed by atoms with van der Waals surface area (Å²) in [5.41, 5.74) is 1.36. The third-order valence-electron chi connectivity index (χ3n) is 1.89. The van der Waals surface area contributed by atoms with Crippen molar-refractivity contribution in [3.05, 3.63) is 28.9 Å². The van der Waals surface area contributed by atoms with Crippen LogP contribution in [0.4, 0.5) is 0 Å². The lowest BCUT2D eigenvalue weighted by atomic mass is 10.1. The molecular weight excluding hydrogens is 202 g/mol. The van der Waals surface area contributed by atoms with Crippen LogP contribution in [0.25, 0.3) is 0 Å². The zero-order chi connectivity index (χ0) is 9.97. The molecule has 0 radical (unpaired) electrons. The van der Waals surface area contributed by atoms with Gasteiger partial charge >= 0.3 is 0 Å². The number of nitrogens with one attached hydrogen (secondary N) is 1. The summed E-state index contributed by atoms with van der Waals surface area (Å²) in [6.07, 6.45) is 2.48.